The third kappa shape index (κ3) is 1.54. The van der Waals surface area contributed by atoms with Gasteiger partial charge in [-0.1, -0.05) is 19.9 Å². The molecule has 98 valence electrons. The van der Waals surface area contributed by atoms with E-state index in [9.17, 15) is 10.1 Å². The summed E-state index contributed by atoms with van der Waals surface area (Å²) >= 11 is 0. The maximum Gasteiger partial charge on any atom is 0.265 e. The lowest BCUT2D eigenvalue weighted by Gasteiger charge is -2.24. The molecule has 1 fully saturated rings. The van der Waals surface area contributed by atoms with Gasteiger partial charge in [-0.15, -0.1) is 0 Å². The minimum absolute atomic E-state index is 0.0111. The molecule has 0 spiro atoms. The van der Waals surface area contributed by atoms with Crippen LogP contribution in [0.25, 0.3) is 0 Å². The number of fused-ring (bicyclic) bond motifs is 1. The zero-order valence-electron chi connectivity index (χ0n) is 11.3. The van der Waals surface area contributed by atoms with Gasteiger partial charge in [0.2, 0.25) is 0 Å². The number of ether oxygens (including phenoxy) is 1. The first-order chi connectivity index (χ1) is 8.89. The van der Waals surface area contributed by atoms with E-state index in [4.69, 9.17) is 4.74 Å². The fraction of sp³-hybridized carbons (Fsp3) is 0.467. The van der Waals surface area contributed by atoms with Gasteiger partial charge < -0.3 is 10.1 Å². The highest BCUT2D eigenvalue weighted by molar-refractivity contribution is 5.97. The molecule has 1 amide bonds. The Morgan fingerprint density at radius 1 is 1.47 bits per heavy atom. The van der Waals surface area contributed by atoms with Crippen LogP contribution >= 0.6 is 0 Å². The van der Waals surface area contributed by atoms with E-state index in [0.29, 0.717) is 11.4 Å². The van der Waals surface area contributed by atoms with Crippen LogP contribution in [0, 0.1) is 16.7 Å². The summed E-state index contributed by atoms with van der Waals surface area (Å²) in [4.78, 5) is 11.6. The summed E-state index contributed by atoms with van der Waals surface area (Å²) in [6.07, 6.45) is 0.376. The number of amides is 1. The van der Waals surface area contributed by atoms with Gasteiger partial charge in [0.25, 0.3) is 5.91 Å². The molecule has 0 saturated heterocycles. The quantitative estimate of drug-likeness (QED) is 0.840. The molecular weight excluding hydrogens is 240 g/mol. The summed E-state index contributed by atoms with van der Waals surface area (Å²) < 4.78 is 5.52. The van der Waals surface area contributed by atoms with E-state index in [1.54, 1.807) is 6.92 Å². The van der Waals surface area contributed by atoms with Crippen molar-refractivity contribution < 1.29 is 9.53 Å². The van der Waals surface area contributed by atoms with Crippen molar-refractivity contribution in [3.8, 4) is 11.8 Å². The van der Waals surface area contributed by atoms with Crippen molar-refractivity contribution in [2.45, 2.75) is 38.7 Å². The van der Waals surface area contributed by atoms with Crippen molar-refractivity contribution in [1.29, 1.82) is 5.26 Å². The lowest BCUT2D eigenvalue weighted by atomic mass is 9.89. The molecule has 0 aromatic heterocycles. The Labute approximate surface area is 112 Å². The van der Waals surface area contributed by atoms with Crippen LogP contribution in [0.1, 0.15) is 32.8 Å². The number of benzene rings is 1. The second-order valence-corrected chi connectivity index (χ2v) is 6.04. The average Bonchev–Trinajstić information content (AvgIpc) is 2.94. The largest absolute Gasteiger partial charge is 0.479 e. The highest BCUT2D eigenvalue weighted by atomic mass is 16.5. The molecule has 1 aromatic rings. The number of anilines is 1. The maximum atomic E-state index is 11.6. The van der Waals surface area contributed by atoms with E-state index in [1.165, 1.54) is 0 Å². The monoisotopic (exact) mass is 256 g/mol. The summed E-state index contributed by atoms with van der Waals surface area (Å²) in [7, 11) is 0. The Morgan fingerprint density at radius 3 is 2.74 bits per heavy atom. The molecule has 19 heavy (non-hydrogen) atoms. The van der Waals surface area contributed by atoms with E-state index >= 15 is 0 Å². The molecule has 2 atom stereocenters. The third-order valence-corrected chi connectivity index (χ3v) is 4.33. The number of carbonyl (C=O) groups excluding carboxylic acids is 1. The van der Waals surface area contributed by atoms with Crippen LogP contribution in [-0.4, -0.2) is 12.0 Å². The topological polar surface area (TPSA) is 62.1 Å². The van der Waals surface area contributed by atoms with Crippen LogP contribution in [0.4, 0.5) is 5.69 Å². The van der Waals surface area contributed by atoms with Crippen LogP contribution in [0.15, 0.2) is 18.2 Å². The number of nitrogens with zero attached hydrogens (tertiary/aromatic N) is 1. The smallest absolute Gasteiger partial charge is 0.265 e. The van der Waals surface area contributed by atoms with Gasteiger partial charge in [0.15, 0.2) is 6.10 Å². The highest BCUT2D eigenvalue weighted by Gasteiger charge is 2.63. The van der Waals surface area contributed by atoms with Crippen LogP contribution in [-0.2, 0) is 10.2 Å². The summed E-state index contributed by atoms with van der Waals surface area (Å²) in [5.74, 6) is 0.521. The van der Waals surface area contributed by atoms with E-state index in [1.807, 2.05) is 18.2 Å². The molecule has 0 bridgehead atoms. The summed E-state index contributed by atoms with van der Waals surface area (Å²) in [6, 6.07) is 8.08. The van der Waals surface area contributed by atoms with Crippen molar-refractivity contribution >= 4 is 11.6 Å². The molecule has 4 heteroatoms. The first-order valence-corrected chi connectivity index (χ1v) is 6.43. The molecule has 3 rings (SSSR count). The summed E-state index contributed by atoms with van der Waals surface area (Å²) in [5, 5.41) is 12.3. The highest BCUT2D eigenvalue weighted by Crippen LogP contribution is 2.64. The van der Waals surface area contributed by atoms with Crippen LogP contribution in [0.5, 0.6) is 5.75 Å². The van der Waals surface area contributed by atoms with Crippen molar-refractivity contribution in [1.82, 2.24) is 0 Å². The molecule has 1 aliphatic heterocycles. The number of hydrogen-bond acceptors (Lipinski definition) is 3. The Morgan fingerprint density at radius 2 is 2.16 bits per heavy atom. The number of rotatable bonds is 1. The van der Waals surface area contributed by atoms with Crippen molar-refractivity contribution in [3.63, 3.8) is 0 Å². The Kier molecular flexibility index (Phi) is 2.22. The summed E-state index contributed by atoms with van der Waals surface area (Å²) in [5.41, 5.74) is 1.17. The van der Waals surface area contributed by atoms with E-state index in [-0.39, 0.29) is 11.3 Å². The zero-order chi connectivity index (χ0) is 13.8. The van der Waals surface area contributed by atoms with Crippen LogP contribution in [0.2, 0.25) is 0 Å². The van der Waals surface area contributed by atoms with E-state index < -0.39 is 11.5 Å². The molecule has 1 saturated carbocycles. The number of nitrogens with one attached hydrogen (secondary N) is 1. The molecule has 2 aliphatic rings. The first kappa shape index (κ1) is 12.0. The summed E-state index contributed by atoms with van der Waals surface area (Å²) in [6.45, 7) is 5.90. The predicted octanol–water partition coefficient (Wildman–Crippen LogP) is 2.60. The molecule has 1 aliphatic carbocycles. The fourth-order valence-electron chi connectivity index (χ4n) is 2.84. The second-order valence-electron chi connectivity index (χ2n) is 6.04. The minimum atomic E-state index is -0.472. The predicted molar refractivity (Wildman–Crippen MR) is 70.9 cm³/mol. The Balaban J connectivity index is 2.02. The van der Waals surface area contributed by atoms with Crippen molar-refractivity contribution in [2.75, 3.05) is 5.32 Å². The molecule has 1 N–H and O–H groups in total. The lowest BCUT2D eigenvalue weighted by Crippen LogP contribution is -2.34. The van der Waals surface area contributed by atoms with Gasteiger partial charge in [-0.3, -0.25) is 4.79 Å². The van der Waals surface area contributed by atoms with Crippen LogP contribution in [0.3, 0.4) is 0 Å². The van der Waals surface area contributed by atoms with Crippen molar-refractivity contribution in [3.05, 3.63) is 23.8 Å². The molecular formula is C15H16N2O2. The normalized spacial score (nSPS) is 30.6. The third-order valence-electron chi connectivity index (χ3n) is 4.33. The van der Waals surface area contributed by atoms with Gasteiger partial charge in [-0.2, -0.15) is 5.26 Å². The number of hydrogen-bond donors (Lipinski definition) is 1. The average molecular weight is 256 g/mol. The molecule has 1 heterocycles. The number of nitriles is 1. The lowest BCUT2D eigenvalue weighted by molar-refractivity contribution is -0.122. The maximum absolute atomic E-state index is 11.6. The zero-order valence-corrected chi connectivity index (χ0v) is 11.3. The molecule has 1 aromatic carbocycles. The number of carbonyl (C=O) groups is 1. The molecule has 0 radical (unpaired) electrons. The van der Waals surface area contributed by atoms with Gasteiger partial charge in [0.05, 0.1) is 17.2 Å². The van der Waals surface area contributed by atoms with Gasteiger partial charge in [0.1, 0.15) is 5.75 Å². The SMILES string of the molecule is CC1Oc2ccc(C3(C#N)CC3(C)C)cc2NC1=O. The van der Waals surface area contributed by atoms with Gasteiger partial charge >= 0.3 is 0 Å². The minimum Gasteiger partial charge on any atom is -0.479 e. The first-order valence-electron chi connectivity index (χ1n) is 6.43. The van der Waals surface area contributed by atoms with Gasteiger partial charge in [-0.25, -0.2) is 0 Å². The van der Waals surface area contributed by atoms with Gasteiger partial charge in [0, 0.05) is 0 Å². The standard InChI is InChI=1S/C15H16N2O2/c1-9-13(18)17-11-6-10(4-5-12(11)19-9)15(8-16)7-14(15,2)3/h4-6,9H,7H2,1-3H3,(H,17,18). The Hall–Kier alpha value is -2.02. The molecule has 4 nitrogen and oxygen atoms in total. The second kappa shape index (κ2) is 3.51. The van der Waals surface area contributed by atoms with E-state index in [0.717, 1.165) is 12.0 Å². The van der Waals surface area contributed by atoms with Gasteiger partial charge in [-0.05, 0) is 36.5 Å². The fourth-order valence-corrected chi connectivity index (χ4v) is 2.84. The van der Waals surface area contributed by atoms with E-state index in [2.05, 4.69) is 25.2 Å². The molecule has 2 unspecified atom stereocenters. The Bertz CT molecular complexity index is 615. The van der Waals surface area contributed by atoms with Crippen molar-refractivity contribution in [2.24, 2.45) is 5.41 Å². The van der Waals surface area contributed by atoms with Crippen LogP contribution < -0.4 is 10.1 Å².